The van der Waals surface area contributed by atoms with Gasteiger partial charge in [-0.15, -0.1) is 0 Å². The number of fused-ring (bicyclic) bond motifs is 1. The monoisotopic (exact) mass is 268 g/mol. The van der Waals surface area contributed by atoms with E-state index in [-0.39, 0.29) is 0 Å². The molecule has 0 fully saturated rings. The van der Waals surface area contributed by atoms with E-state index in [0.29, 0.717) is 12.0 Å². The van der Waals surface area contributed by atoms with Crippen molar-refractivity contribution in [3.05, 3.63) is 28.0 Å². The first kappa shape index (κ1) is 12.7. The van der Waals surface area contributed by atoms with Crippen molar-refractivity contribution in [3.8, 4) is 0 Å². The van der Waals surface area contributed by atoms with Gasteiger partial charge in [-0.25, -0.2) is 0 Å². The second-order valence-electron chi connectivity index (χ2n) is 4.91. The summed E-state index contributed by atoms with van der Waals surface area (Å²) in [5.41, 5.74) is 2.03. The Morgan fingerprint density at radius 2 is 2.06 bits per heavy atom. The van der Waals surface area contributed by atoms with E-state index in [1.54, 1.807) is 0 Å². The maximum absolute atomic E-state index is 6.27. The van der Waals surface area contributed by atoms with Crippen LogP contribution in [0.1, 0.15) is 33.2 Å². The van der Waals surface area contributed by atoms with Crippen molar-refractivity contribution in [2.45, 2.75) is 33.2 Å². The van der Waals surface area contributed by atoms with Crippen LogP contribution in [-0.4, -0.2) is 9.55 Å². The second-order valence-corrected chi connectivity index (χ2v) is 5.71. The number of nitrogens with one attached hydrogen (secondary N) is 1. The number of H-pyrrole nitrogens is 1. The Morgan fingerprint density at radius 1 is 1.35 bits per heavy atom. The maximum atomic E-state index is 6.27. The van der Waals surface area contributed by atoms with Crippen molar-refractivity contribution in [1.29, 1.82) is 0 Å². The molecule has 1 aromatic heterocycles. The van der Waals surface area contributed by atoms with Crippen LogP contribution in [0.5, 0.6) is 0 Å². The topological polar surface area (TPSA) is 20.7 Å². The fourth-order valence-electron chi connectivity index (χ4n) is 2.35. The molecule has 2 aromatic rings. The minimum Gasteiger partial charge on any atom is -0.331 e. The lowest BCUT2D eigenvalue weighted by Crippen LogP contribution is -2.08. The Kier molecular flexibility index (Phi) is 3.59. The highest BCUT2D eigenvalue weighted by Gasteiger charge is 2.14. The van der Waals surface area contributed by atoms with E-state index in [2.05, 4.69) is 30.3 Å². The van der Waals surface area contributed by atoms with Crippen LogP contribution in [0.4, 0.5) is 0 Å². The largest absolute Gasteiger partial charge is 0.331 e. The summed E-state index contributed by atoms with van der Waals surface area (Å²) in [4.78, 5) is 3.22. The van der Waals surface area contributed by atoms with E-state index in [0.717, 1.165) is 27.2 Å². The van der Waals surface area contributed by atoms with Crippen molar-refractivity contribution < 1.29 is 0 Å². The van der Waals surface area contributed by atoms with E-state index >= 15 is 0 Å². The van der Waals surface area contributed by atoms with Gasteiger partial charge in [0.2, 0.25) is 0 Å². The molecule has 4 heteroatoms. The summed E-state index contributed by atoms with van der Waals surface area (Å²) in [5, 5.41) is 0.755. The van der Waals surface area contributed by atoms with Crippen LogP contribution < -0.4 is 0 Å². The number of hydrogen-bond acceptors (Lipinski definition) is 1. The lowest BCUT2D eigenvalue weighted by atomic mass is 10.1. The molecule has 17 heavy (non-hydrogen) atoms. The van der Waals surface area contributed by atoms with Crippen LogP contribution in [-0.2, 0) is 0 Å². The number of rotatable bonds is 3. The number of para-hydroxylation sites is 1. The number of aromatic nitrogens is 2. The molecule has 0 aliphatic heterocycles. The van der Waals surface area contributed by atoms with Gasteiger partial charge in [0.25, 0.3) is 0 Å². The summed E-state index contributed by atoms with van der Waals surface area (Å²) in [6.45, 7) is 6.62. The molecule has 92 valence electrons. The van der Waals surface area contributed by atoms with Gasteiger partial charge in [0.15, 0.2) is 4.77 Å². The van der Waals surface area contributed by atoms with Gasteiger partial charge in [-0.3, -0.25) is 0 Å². The number of benzene rings is 1. The first-order chi connectivity index (χ1) is 8.00. The van der Waals surface area contributed by atoms with Gasteiger partial charge in [0, 0.05) is 6.04 Å². The first-order valence-electron chi connectivity index (χ1n) is 5.89. The standard InChI is InChI=1S/C13H17ClN2S/c1-8(2)7-9(3)16-12-10(14)5-4-6-11(12)15-13(16)17/h4-6,8-9H,7H2,1-3H3,(H,15,17). The fourth-order valence-corrected chi connectivity index (χ4v) is 2.99. The summed E-state index contributed by atoms with van der Waals surface area (Å²) in [6.07, 6.45) is 1.09. The number of imidazole rings is 1. The van der Waals surface area contributed by atoms with Crippen LogP contribution in [0.3, 0.4) is 0 Å². The molecule has 1 unspecified atom stereocenters. The number of aromatic amines is 1. The predicted molar refractivity (Wildman–Crippen MR) is 76.3 cm³/mol. The average molecular weight is 269 g/mol. The zero-order valence-corrected chi connectivity index (χ0v) is 11.9. The Labute approximate surface area is 112 Å². The molecule has 2 rings (SSSR count). The highest BCUT2D eigenvalue weighted by Crippen LogP contribution is 2.28. The highest BCUT2D eigenvalue weighted by molar-refractivity contribution is 7.71. The van der Waals surface area contributed by atoms with E-state index in [4.69, 9.17) is 23.8 Å². The van der Waals surface area contributed by atoms with Crippen molar-refractivity contribution in [2.24, 2.45) is 5.92 Å². The van der Waals surface area contributed by atoms with E-state index in [9.17, 15) is 0 Å². The van der Waals surface area contributed by atoms with E-state index in [1.165, 1.54) is 0 Å². The lowest BCUT2D eigenvalue weighted by molar-refractivity contribution is 0.432. The Hall–Kier alpha value is -0.800. The van der Waals surface area contributed by atoms with Gasteiger partial charge in [0.05, 0.1) is 16.1 Å². The zero-order chi connectivity index (χ0) is 12.6. The first-order valence-corrected chi connectivity index (χ1v) is 6.68. The molecule has 0 aliphatic carbocycles. The van der Waals surface area contributed by atoms with Gasteiger partial charge in [-0.1, -0.05) is 31.5 Å². The molecular formula is C13H17ClN2S. The smallest absolute Gasteiger partial charge is 0.178 e. The molecule has 2 nitrogen and oxygen atoms in total. The molecule has 0 bridgehead atoms. The van der Waals surface area contributed by atoms with Crippen LogP contribution in [0.15, 0.2) is 18.2 Å². The van der Waals surface area contributed by atoms with Crippen molar-refractivity contribution in [2.75, 3.05) is 0 Å². The predicted octanol–water partition coefficient (Wildman–Crippen LogP) is 4.96. The summed E-state index contributed by atoms with van der Waals surface area (Å²) < 4.78 is 2.88. The minimum atomic E-state index is 0.358. The quantitative estimate of drug-likeness (QED) is 0.781. The molecule has 0 radical (unpaired) electrons. The van der Waals surface area contributed by atoms with Crippen molar-refractivity contribution in [3.63, 3.8) is 0 Å². The molecule has 1 aromatic carbocycles. The van der Waals surface area contributed by atoms with E-state index < -0.39 is 0 Å². The molecule has 0 saturated carbocycles. The molecule has 0 saturated heterocycles. The highest BCUT2D eigenvalue weighted by atomic mass is 35.5. The van der Waals surface area contributed by atoms with Gasteiger partial charge in [-0.05, 0) is 43.6 Å². The van der Waals surface area contributed by atoms with Gasteiger partial charge in [0.1, 0.15) is 0 Å². The van der Waals surface area contributed by atoms with Crippen LogP contribution in [0, 0.1) is 10.7 Å². The third-order valence-electron chi connectivity index (χ3n) is 2.94. The average Bonchev–Trinajstić information content (AvgIpc) is 2.54. The van der Waals surface area contributed by atoms with E-state index in [1.807, 2.05) is 18.2 Å². The maximum Gasteiger partial charge on any atom is 0.178 e. The second kappa shape index (κ2) is 4.83. The van der Waals surface area contributed by atoms with Gasteiger partial charge in [-0.2, -0.15) is 0 Å². The molecule has 0 amide bonds. The number of hydrogen-bond donors (Lipinski definition) is 1. The van der Waals surface area contributed by atoms with Crippen LogP contribution in [0.25, 0.3) is 11.0 Å². The summed E-state index contributed by atoms with van der Waals surface area (Å²) in [6, 6.07) is 6.21. The third kappa shape index (κ3) is 2.40. The Bertz CT molecular complexity index is 583. The number of halogens is 1. The molecular weight excluding hydrogens is 252 g/mol. The Morgan fingerprint density at radius 3 is 2.71 bits per heavy atom. The van der Waals surface area contributed by atoms with Gasteiger partial charge >= 0.3 is 0 Å². The third-order valence-corrected chi connectivity index (χ3v) is 3.55. The molecule has 1 atom stereocenters. The van der Waals surface area contributed by atoms with Crippen molar-refractivity contribution in [1.82, 2.24) is 9.55 Å². The van der Waals surface area contributed by atoms with Crippen molar-refractivity contribution >= 4 is 34.9 Å². The number of nitrogens with zero attached hydrogens (tertiary/aromatic N) is 1. The molecule has 1 heterocycles. The normalized spacial score (nSPS) is 13.5. The fraction of sp³-hybridized carbons (Fsp3) is 0.462. The minimum absolute atomic E-state index is 0.358. The molecule has 1 N–H and O–H groups in total. The van der Waals surface area contributed by atoms with Gasteiger partial charge < -0.3 is 9.55 Å². The van der Waals surface area contributed by atoms with Crippen LogP contribution in [0.2, 0.25) is 5.02 Å². The van der Waals surface area contributed by atoms with Crippen LogP contribution >= 0.6 is 23.8 Å². The summed E-state index contributed by atoms with van der Waals surface area (Å²) in [5.74, 6) is 0.638. The lowest BCUT2D eigenvalue weighted by Gasteiger charge is -2.17. The Balaban J connectivity index is 2.60. The zero-order valence-electron chi connectivity index (χ0n) is 10.3. The summed E-state index contributed by atoms with van der Waals surface area (Å²) in [7, 11) is 0. The molecule has 0 spiro atoms. The summed E-state index contributed by atoms with van der Waals surface area (Å²) >= 11 is 11.7. The molecule has 0 aliphatic rings. The SMILES string of the molecule is CC(C)CC(C)n1c(=S)[nH]c2cccc(Cl)c21.